The number of carbonyl (C=O) groups is 1. The molecule has 0 unspecified atom stereocenters. The third kappa shape index (κ3) is 4.67. The minimum atomic E-state index is -0.410. The van der Waals surface area contributed by atoms with E-state index in [1.165, 1.54) is 22.6 Å². The molecule has 0 spiro atoms. The number of halogens is 1. The minimum absolute atomic E-state index is 0.404. The van der Waals surface area contributed by atoms with Crippen molar-refractivity contribution in [2.75, 3.05) is 50.1 Å². The average molecular weight is 452 g/mol. The van der Waals surface area contributed by atoms with E-state index in [9.17, 15) is 9.18 Å². The van der Waals surface area contributed by atoms with Crippen molar-refractivity contribution in [1.82, 2.24) is 25.1 Å². The first-order chi connectivity index (χ1) is 16.1. The van der Waals surface area contributed by atoms with Crippen LogP contribution >= 0.6 is 0 Å². The van der Waals surface area contributed by atoms with Crippen molar-refractivity contribution >= 4 is 23.5 Å². The second kappa shape index (κ2) is 9.16. The molecule has 2 aromatic heterocycles. The predicted octanol–water partition coefficient (Wildman–Crippen LogP) is 3.27. The van der Waals surface area contributed by atoms with Crippen LogP contribution in [0.15, 0.2) is 36.0 Å². The number of nitrogens with one attached hydrogen (secondary N) is 3. The summed E-state index contributed by atoms with van der Waals surface area (Å²) in [6.07, 6.45) is 5.62. The number of nitrogens with zero attached hydrogens (tertiary/aromatic N) is 4. The highest BCUT2D eigenvalue weighted by atomic mass is 19.1. The summed E-state index contributed by atoms with van der Waals surface area (Å²) in [5.41, 5.74) is 4.80. The molecule has 5 rings (SSSR count). The molecular weight excluding hydrogens is 425 g/mol. The van der Waals surface area contributed by atoms with Crippen molar-refractivity contribution in [3.8, 4) is 11.5 Å². The summed E-state index contributed by atoms with van der Waals surface area (Å²) in [5, 5.41) is 9.91. The molecule has 1 fully saturated rings. The molecule has 1 saturated heterocycles. The Morgan fingerprint density at radius 1 is 1.30 bits per heavy atom. The lowest BCUT2D eigenvalue weighted by Gasteiger charge is -2.28. The Labute approximate surface area is 190 Å². The normalized spacial score (nSPS) is 16.2. The number of ether oxygens (including phenoxy) is 1. The van der Waals surface area contributed by atoms with Crippen molar-refractivity contribution in [3.05, 3.63) is 53.2 Å². The molecule has 1 aliphatic carbocycles. The van der Waals surface area contributed by atoms with Crippen LogP contribution in [-0.4, -0.2) is 71.0 Å². The highest BCUT2D eigenvalue weighted by Crippen LogP contribution is 2.29. The molecule has 0 atom stereocenters. The SMILES string of the molecule is CN(C(=O)Nc1c[nH]nc1-c1nc2c([nH]1)CCC(CN1CCOCC1)=C2)c1cccc(F)c1. The number of hydrogen-bond acceptors (Lipinski definition) is 5. The van der Waals surface area contributed by atoms with Gasteiger partial charge in [0, 0.05) is 44.3 Å². The fraction of sp³-hybridized carbons (Fsp3) is 0.348. The molecule has 33 heavy (non-hydrogen) atoms. The number of H-pyrrole nitrogens is 2. The fourth-order valence-corrected chi connectivity index (χ4v) is 4.13. The van der Waals surface area contributed by atoms with Crippen LogP contribution < -0.4 is 10.2 Å². The summed E-state index contributed by atoms with van der Waals surface area (Å²) in [5.74, 6) is 0.187. The Kier molecular flexibility index (Phi) is 5.93. The molecule has 172 valence electrons. The van der Waals surface area contributed by atoms with E-state index in [0.29, 0.717) is 22.9 Å². The standard InChI is InChI=1S/C23H26FN7O2/c1-30(17-4-2-3-16(24)12-17)23(32)28-20-13-25-29-21(20)22-26-18-6-5-15(11-19(18)27-22)14-31-7-9-33-10-8-31/h2-4,11-13H,5-10,14H2,1H3,(H,25,29)(H,26,27)(H,28,32). The van der Waals surface area contributed by atoms with Crippen molar-refractivity contribution in [2.24, 2.45) is 0 Å². The predicted molar refractivity (Wildman–Crippen MR) is 124 cm³/mol. The largest absolute Gasteiger partial charge is 0.379 e. The number of fused-ring (bicyclic) bond motifs is 1. The van der Waals surface area contributed by atoms with Gasteiger partial charge in [-0.05, 0) is 37.1 Å². The summed E-state index contributed by atoms with van der Waals surface area (Å²) in [6.45, 7) is 4.41. The number of morpholine rings is 1. The van der Waals surface area contributed by atoms with Gasteiger partial charge < -0.3 is 15.0 Å². The molecule has 0 bridgehead atoms. The van der Waals surface area contributed by atoms with Crippen LogP contribution in [-0.2, 0) is 11.2 Å². The first-order valence-electron chi connectivity index (χ1n) is 11.0. The fourth-order valence-electron chi connectivity index (χ4n) is 4.13. The van der Waals surface area contributed by atoms with E-state index in [1.54, 1.807) is 25.4 Å². The van der Waals surface area contributed by atoms with Gasteiger partial charge in [0.25, 0.3) is 0 Å². The lowest BCUT2D eigenvalue weighted by molar-refractivity contribution is 0.0420. The van der Waals surface area contributed by atoms with Gasteiger partial charge in [0.15, 0.2) is 11.5 Å². The third-order valence-electron chi connectivity index (χ3n) is 5.98. The molecule has 3 aromatic rings. The van der Waals surface area contributed by atoms with Crippen LogP contribution in [0.3, 0.4) is 0 Å². The van der Waals surface area contributed by atoms with Crippen LogP contribution in [0.1, 0.15) is 17.8 Å². The number of hydrogen-bond donors (Lipinski definition) is 3. The summed E-state index contributed by atoms with van der Waals surface area (Å²) in [4.78, 5) is 24.6. The van der Waals surface area contributed by atoms with E-state index in [2.05, 4.69) is 31.5 Å². The molecule has 1 aromatic carbocycles. The summed E-state index contributed by atoms with van der Waals surface area (Å²) >= 11 is 0. The van der Waals surface area contributed by atoms with Gasteiger partial charge in [-0.1, -0.05) is 11.6 Å². The highest BCUT2D eigenvalue weighted by Gasteiger charge is 2.22. The zero-order valence-electron chi connectivity index (χ0n) is 18.4. The maximum Gasteiger partial charge on any atom is 0.326 e. The number of amides is 2. The van der Waals surface area contributed by atoms with Crippen LogP contribution in [0.2, 0.25) is 0 Å². The van der Waals surface area contributed by atoms with Crippen LogP contribution in [0.5, 0.6) is 0 Å². The molecule has 0 radical (unpaired) electrons. The van der Waals surface area contributed by atoms with Gasteiger partial charge in [-0.25, -0.2) is 14.2 Å². The van der Waals surface area contributed by atoms with E-state index in [1.807, 2.05) is 0 Å². The summed E-state index contributed by atoms with van der Waals surface area (Å²) in [6, 6.07) is 5.46. The molecule has 2 amide bonds. The minimum Gasteiger partial charge on any atom is -0.379 e. The van der Waals surface area contributed by atoms with Gasteiger partial charge in [-0.2, -0.15) is 5.10 Å². The summed E-state index contributed by atoms with van der Waals surface area (Å²) in [7, 11) is 1.58. The second-order valence-corrected chi connectivity index (χ2v) is 8.26. The highest BCUT2D eigenvalue weighted by molar-refractivity contribution is 6.02. The van der Waals surface area contributed by atoms with Gasteiger partial charge >= 0.3 is 6.03 Å². The number of carbonyl (C=O) groups excluding carboxylic acids is 1. The van der Waals surface area contributed by atoms with Crippen LogP contribution in [0.4, 0.5) is 20.6 Å². The maximum atomic E-state index is 13.5. The van der Waals surface area contributed by atoms with Crippen LogP contribution in [0, 0.1) is 5.82 Å². The smallest absolute Gasteiger partial charge is 0.326 e. The zero-order valence-corrected chi connectivity index (χ0v) is 18.4. The number of aromatic amines is 2. The van der Waals surface area contributed by atoms with E-state index in [4.69, 9.17) is 9.72 Å². The van der Waals surface area contributed by atoms with Gasteiger partial charge in [-0.3, -0.25) is 14.9 Å². The summed E-state index contributed by atoms with van der Waals surface area (Å²) < 4.78 is 19.0. The van der Waals surface area contributed by atoms with Crippen molar-refractivity contribution in [2.45, 2.75) is 12.8 Å². The van der Waals surface area contributed by atoms with Crippen molar-refractivity contribution in [3.63, 3.8) is 0 Å². The molecule has 1 aliphatic heterocycles. The van der Waals surface area contributed by atoms with E-state index < -0.39 is 11.8 Å². The lowest BCUT2D eigenvalue weighted by Crippen LogP contribution is -2.37. The van der Waals surface area contributed by atoms with Gasteiger partial charge in [-0.15, -0.1) is 0 Å². The number of anilines is 2. The Morgan fingerprint density at radius 3 is 2.97 bits per heavy atom. The van der Waals surface area contributed by atoms with Gasteiger partial charge in [0.2, 0.25) is 0 Å². The molecule has 10 heteroatoms. The van der Waals surface area contributed by atoms with Gasteiger partial charge in [0.1, 0.15) is 5.82 Å². The van der Waals surface area contributed by atoms with Crippen molar-refractivity contribution in [1.29, 1.82) is 0 Å². The lowest BCUT2D eigenvalue weighted by atomic mass is 9.99. The molecule has 2 aliphatic rings. The zero-order chi connectivity index (χ0) is 22.8. The first-order valence-corrected chi connectivity index (χ1v) is 11.0. The molecule has 3 heterocycles. The second-order valence-electron chi connectivity index (χ2n) is 8.26. The molecule has 0 saturated carbocycles. The average Bonchev–Trinajstić information content (AvgIpc) is 3.45. The van der Waals surface area contributed by atoms with E-state index >= 15 is 0 Å². The number of aromatic nitrogens is 4. The molecular formula is C23H26FN7O2. The molecule has 9 nitrogen and oxygen atoms in total. The number of aryl methyl sites for hydroxylation is 1. The number of benzene rings is 1. The molecule has 3 N–H and O–H groups in total. The maximum absolute atomic E-state index is 13.5. The van der Waals surface area contributed by atoms with E-state index in [0.717, 1.165) is 57.1 Å². The van der Waals surface area contributed by atoms with Crippen LogP contribution in [0.25, 0.3) is 17.6 Å². The monoisotopic (exact) mass is 451 g/mol. The Hall–Kier alpha value is -3.50. The quantitative estimate of drug-likeness (QED) is 0.553. The number of rotatable bonds is 5. The van der Waals surface area contributed by atoms with Gasteiger partial charge in [0.05, 0.1) is 24.6 Å². The van der Waals surface area contributed by atoms with Crippen molar-refractivity contribution < 1.29 is 13.9 Å². The topological polar surface area (TPSA) is 102 Å². The number of imidazole rings is 1. The van der Waals surface area contributed by atoms with E-state index in [-0.39, 0.29) is 0 Å². The third-order valence-corrected chi connectivity index (χ3v) is 5.98. The Balaban J connectivity index is 1.31. The number of urea groups is 1. The Morgan fingerprint density at radius 2 is 2.15 bits per heavy atom. The first kappa shape index (κ1) is 21.4. The Bertz CT molecular complexity index is 1180.